The summed E-state index contributed by atoms with van der Waals surface area (Å²) in [6.45, 7) is 3.21. The van der Waals surface area contributed by atoms with Crippen LogP contribution in [0.25, 0.3) is 0 Å². The van der Waals surface area contributed by atoms with Gasteiger partial charge in [0.2, 0.25) is 0 Å². The second kappa shape index (κ2) is 5.47. The molecule has 2 heterocycles. The van der Waals surface area contributed by atoms with E-state index >= 15 is 0 Å². The zero-order valence-corrected chi connectivity index (χ0v) is 10.8. The first kappa shape index (κ1) is 12.3. The Morgan fingerprint density at radius 1 is 1.47 bits per heavy atom. The molecule has 94 valence electrons. The van der Waals surface area contributed by atoms with Gasteiger partial charge in [-0.3, -0.25) is 4.90 Å². The molecule has 4 heteroatoms. The van der Waals surface area contributed by atoms with Crippen molar-refractivity contribution in [2.45, 2.75) is 25.4 Å². The first-order chi connectivity index (χ1) is 8.15. The molecule has 0 saturated carbocycles. The van der Waals surface area contributed by atoms with Crippen LogP contribution < -0.4 is 5.73 Å². The summed E-state index contributed by atoms with van der Waals surface area (Å²) in [5.74, 6) is 0.615. The van der Waals surface area contributed by atoms with E-state index in [1.165, 1.54) is 19.4 Å². The van der Waals surface area contributed by atoms with Crippen LogP contribution in [0.4, 0.5) is 5.82 Å². The van der Waals surface area contributed by atoms with Gasteiger partial charge in [0.25, 0.3) is 0 Å². The van der Waals surface area contributed by atoms with Gasteiger partial charge in [0.15, 0.2) is 0 Å². The van der Waals surface area contributed by atoms with Crippen molar-refractivity contribution in [3.63, 3.8) is 0 Å². The van der Waals surface area contributed by atoms with E-state index in [2.05, 4.69) is 34.9 Å². The Hall–Kier alpha value is -1.13. The molecular formula is C13H22N4. The summed E-state index contributed by atoms with van der Waals surface area (Å²) in [5.41, 5.74) is 6.77. The van der Waals surface area contributed by atoms with Crippen LogP contribution in [0, 0.1) is 0 Å². The molecule has 0 spiro atoms. The maximum atomic E-state index is 5.70. The van der Waals surface area contributed by atoms with Gasteiger partial charge in [-0.25, -0.2) is 4.98 Å². The van der Waals surface area contributed by atoms with Gasteiger partial charge in [-0.05, 0) is 45.6 Å². The van der Waals surface area contributed by atoms with E-state index in [0.717, 1.165) is 18.8 Å². The average molecular weight is 234 g/mol. The summed E-state index contributed by atoms with van der Waals surface area (Å²) in [5, 5.41) is 0. The lowest BCUT2D eigenvalue weighted by Crippen LogP contribution is -2.44. The average Bonchev–Trinajstić information content (AvgIpc) is 2.29. The van der Waals surface area contributed by atoms with Gasteiger partial charge in [0.05, 0.1) is 5.69 Å². The normalized spacial score (nSPS) is 21.9. The zero-order chi connectivity index (χ0) is 12.3. The summed E-state index contributed by atoms with van der Waals surface area (Å²) >= 11 is 0. The fraction of sp³-hybridized carbons (Fsp3) is 0.615. The van der Waals surface area contributed by atoms with E-state index in [9.17, 15) is 0 Å². The van der Waals surface area contributed by atoms with Crippen LogP contribution in [-0.2, 0) is 6.54 Å². The van der Waals surface area contributed by atoms with Crippen molar-refractivity contribution in [2.75, 3.05) is 32.9 Å². The van der Waals surface area contributed by atoms with Gasteiger partial charge in [0, 0.05) is 19.1 Å². The molecule has 2 N–H and O–H groups in total. The van der Waals surface area contributed by atoms with E-state index < -0.39 is 0 Å². The van der Waals surface area contributed by atoms with Gasteiger partial charge in [-0.2, -0.15) is 0 Å². The van der Waals surface area contributed by atoms with Gasteiger partial charge in [-0.1, -0.05) is 6.07 Å². The highest BCUT2D eigenvalue weighted by molar-refractivity contribution is 5.28. The molecule has 1 unspecified atom stereocenters. The summed E-state index contributed by atoms with van der Waals surface area (Å²) in [6.07, 6.45) is 2.57. The van der Waals surface area contributed by atoms with Gasteiger partial charge in [-0.15, -0.1) is 0 Å². The number of nitrogens with zero attached hydrogens (tertiary/aromatic N) is 3. The molecule has 1 fully saturated rings. The third kappa shape index (κ3) is 3.41. The number of piperidine rings is 1. The predicted molar refractivity (Wildman–Crippen MR) is 70.6 cm³/mol. The number of pyridine rings is 1. The number of anilines is 1. The third-order valence-electron chi connectivity index (χ3n) is 3.42. The van der Waals surface area contributed by atoms with Gasteiger partial charge >= 0.3 is 0 Å². The number of hydrogen-bond acceptors (Lipinski definition) is 4. The van der Waals surface area contributed by atoms with E-state index in [-0.39, 0.29) is 0 Å². The van der Waals surface area contributed by atoms with Crippen LogP contribution in [-0.4, -0.2) is 48.0 Å². The molecule has 0 aliphatic carbocycles. The van der Waals surface area contributed by atoms with Crippen LogP contribution in [0.15, 0.2) is 18.2 Å². The fourth-order valence-electron chi connectivity index (χ4n) is 2.41. The molecular weight excluding hydrogens is 212 g/mol. The molecule has 1 aromatic heterocycles. The lowest BCUT2D eigenvalue weighted by molar-refractivity contribution is 0.127. The van der Waals surface area contributed by atoms with Crippen molar-refractivity contribution in [2.24, 2.45) is 0 Å². The Balaban J connectivity index is 1.94. The van der Waals surface area contributed by atoms with Crippen molar-refractivity contribution >= 4 is 5.82 Å². The Morgan fingerprint density at radius 2 is 2.29 bits per heavy atom. The molecule has 1 aliphatic heterocycles. The van der Waals surface area contributed by atoms with Crippen LogP contribution in [0.2, 0.25) is 0 Å². The first-order valence-electron chi connectivity index (χ1n) is 6.25. The highest BCUT2D eigenvalue weighted by Crippen LogP contribution is 2.15. The molecule has 1 saturated heterocycles. The minimum absolute atomic E-state index is 0.615. The number of likely N-dealkylation sites (N-methyl/N-ethyl adjacent to an activating group) is 1. The maximum absolute atomic E-state index is 5.70. The van der Waals surface area contributed by atoms with Crippen LogP contribution in [0.1, 0.15) is 18.5 Å². The molecule has 17 heavy (non-hydrogen) atoms. The summed E-state index contributed by atoms with van der Waals surface area (Å²) in [6, 6.07) is 6.54. The van der Waals surface area contributed by atoms with Crippen LogP contribution in [0.5, 0.6) is 0 Å². The van der Waals surface area contributed by atoms with Crippen molar-refractivity contribution < 1.29 is 0 Å². The summed E-state index contributed by atoms with van der Waals surface area (Å²) in [4.78, 5) is 9.15. The van der Waals surface area contributed by atoms with E-state index in [1.807, 2.05) is 12.1 Å². The molecule has 1 aliphatic rings. The summed E-state index contributed by atoms with van der Waals surface area (Å²) in [7, 11) is 4.32. The van der Waals surface area contributed by atoms with Gasteiger partial charge < -0.3 is 10.6 Å². The number of nitrogens with two attached hydrogens (primary N) is 1. The van der Waals surface area contributed by atoms with Crippen molar-refractivity contribution in [1.82, 2.24) is 14.8 Å². The fourth-order valence-corrected chi connectivity index (χ4v) is 2.41. The molecule has 1 atom stereocenters. The highest BCUT2D eigenvalue weighted by Gasteiger charge is 2.21. The number of rotatable bonds is 3. The number of hydrogen-bond donors (Lipinski definition) is 1. The molecule has 2 rings (SSSR count). The van der Waals surface area contributed by atoms with Crippen molar-refractivity contribution in [3.8, 4) is 0 Å². The van der Waals surface area contributed by atoms with E-state index in [4.69, 9.17) is 5.73 Å². The minimum Gasteiger partial charge on any atom is -0.384 e. The third-order valence-corrected chi connectivity index (χ3v) is 3.42. The maximum Gasteiger partial charge on any atom is 0.123 e. The molecule has 0 aromatic carbocycles. The van der Waals surface area contributed by atoms with Crippen LogP contribution in [0.3, 0.4) is 0 Å². The standard InChI is InChI=1S/C13H22N4/c1-16(2)12-6-4-8-17(10-12)9-11-5-3-7-13(14)15-11/h3,5,7,12H,4,6,8-10H2,1-2H3,(H2,14,15). The Morgan fingerprint density at radius 3 is 3.00 bits per heavy atom. The lowest BCUT2D eigenvalue weighted by Gasteiger charge is -2.35. The highest BCUT2D eigenvalue weighted by atomic mass is 15.2. The number of likely N-dealkylation sites (tertiary alicyclic amines) is 1. The zero-order valence-electron chi connectivity index (χ0n) is 10.8. The SMILES string of the molecule is CN(C)C1CCCN(Cc2cccc(N)n2)C1. The van der Waals surface area contributed by atoms with Crippen molar-refractivity contribution in [1.29, 1.82) is 0 Å². The summed E-state index contributed by atoms with van der Waals surface area (Å²) < 4.78 is 0. The van der Waals surface area contributed by atoms with E-state index in [0.29, 0.717) is 11.9 Å². The monoisotopic (exact) mass is 234 g/mol. The second-order valence-corrected chi connectivity index (χ2v) is 5.05. The first-order valence-corrected chi connectivity index (χ1v) is 6.25. The van der Waals surface area contributed by atoms with Gasteiger partial charge in [0.1, 0.15) is 5.82 Å². The largest absolute Gasteiger partial charge is 0.384 e. The molecule has 1 aromatic rings. The van der Waals surface area contributed by atoms with Crippen molar-refractivity contribution in [3.05, 3.63) is 23.9 Å². The minimum atomic E-state index is 0.615. The molecule has 4 nitrogen and oxygen atoms in total. The lowest BCUT2D eigenvalue weighted by atomic mass is 10.0. The second-order valence-electron chi connectivity index (χ2n) is 5.05. The topological polar surface area (TPSA) is 45.4 Å². The molecule has 0 bridgehead atoms. The Bertz CT molecular complexity index is 364. The Kier molecular flexibility index (Phi) is 3.97. The van der Waals surface area contributed by atoms with E-state index in [1.54, 1.807) is 0 Å². The molecule has 0 radical (unpaired) electrons. The Labute approximate surface area is 103 Å². The number of aromatic nitrogens is 1. The van der Waals surface area contributed by atoms with Crippen LogP contribution >= 0.6 is 0 Å². The number of nitrogen functional groups attached to an aromatic ring is 1. The molecule has 0 amide bonds. The quantitative estimate of drug-likeness (QED) is 0.853. The smallest absolute Gasteiger partial charge is 0.123 e. The predicted octanol–water partition coefficient (Wildman–Crippen LogP) is 1.19.